The Labute approximate surface area is 158 Å². The molecule has 1 saturated heterocycles. The second kappa shape index (κ2) is 7.75. The Morgan fingerprint density at radius 3 is 2.52 bits per heavy atom. The van der Waals surface area contributed by atoms with Crippen molar-refractivity contribution in [2.24, 2.45) is 0 Å². The van der Waals surface area contributed by atoms with E-state index in [9.17, 15) is 9.90 Å². The maximum absolute atomic E-state index is 12.4. The molecule has 7 heteroatoms. The fourth-order valence-corrected chi connectivity index (χ4v) is 3.32. The molecular formula is C20H23N3O4. The van der Waals surface area contributed by atoms with Gasteiger partial charge in [-0.2, -0.15) is 0 Å². The van der Waals surface area contributed by atoms with Crippen molar-refractivity contribution < 1.29 is 19.4 Å². The summed E-state index contributed by atoms with van der Waals surface area (Å²) in [4.78, 5) is 16.6. The first-order valence-electron chi connectivity index (χ1n) is 9.09. The second-order valence-corrected chi connectivity index (χ2v) is 6.74. The van der Waals surface area contributed by atoms with E-state index in [1.165, 1.54) is 5.56 Å². The van der Waals surface area contributed by atoms with Crippen molar-refractivity contribution in [3.63, 3.8) is 0 Å². The molecule has 0 aromatic heterocycles. The molecule has 27 heavy (non-hydrogen) atoms. The Kier molecular flexibility index (Phi) is 5.02. The lowest BCUT2D eigenvalue weighted by atomic mass is 10.1. The Bertz CT molecular complexity index is 801. The SMILES string of the molecule is O=C(CNc1ccc(O)cc1)N1CCN(Cc2ccc3c(c2)OCO3)CC1. The van der Waals surface area contributed by atoms with Gasteiger partial charge in [-0.05, 0) is 42.0 Å². The lowest BCUT2D eigenvalue weighted by Crippen LogP contribution is -2.49. The molecule has 142 valence electrons. The summed E-state index contributed by atoms with van der Waals surface area (Å²) in [5.41, 5.74) is 2.01. The number of fused-ring (bicyclic) bond motifs is 1. The predicted molar refractivity (Wildman–Crippen MR) is 101 cm³/mol. The molecule has 2 aliphatic heterocycles. The lowest BCUT2D eigenvalue weighted by Gasteiger charge is -2.34. The number of aromatic hydroxyl groups is 1. The van der Waals surface area contributed by atoms with E-state index in [0.29, 0.717) is 0 Å². The quantitative estimate of drug-likeness (QED) is 0.784. The van der Waals surface area contributed by atoms with Gasteiger partial charge in [0.25, 0.3) is 0 Å². The minimum absolute atomic E-state index is 0.0887. The number of hydrogen-bond donors (Lipinski definition) is 2. The maximum atomic E-state index is 12.4. The molecule has 0 bridgehead atoms. The van der Waals surface area contributed by atoms with E-state index in [-0.39, 0.29) is 25.0 Å². The number of amides is 1. The molecule has 2 aromatic rings. The van der Waals surface area contributed by atoms with Gasteiger partial charge in [-0.1, -0.05) is 6.07 Å². The Morgan fingerprint density at radius 2 is 1.74 bits per heavy atom. The zero-order chi connectivity index (χ0) is 18.6. The molecule has 1 fully saturated rings. The van der Waals surface area contributed by atoms with Crippen molar-refractivity contribution in [1.82, 2.24) is 9.80 Å². The fourth-order valence-electron chi connectivity index (χ4n) is 3.32. The van der Waals surface area contributed by atoms with Crippen LogP contribution >= 0.6 is 0 Å². The van der Waals surface area contributed by atoms with Gasteiger partial charge in [0, 0.05) is 38.4 Å². The number of carbonyl (C=O) groups is 1. The number of hydrogen-bond acceptors (Lipinski definition) is 6. The van der Waals surface area contributed by atoms with Crippen LogP contribution < -0.4 is 14.8 Å². The van der Waals surface area contributed by atoms with Gasteiger partial charge in [-0.3, -0.25) is 9.69 Å². The van der Waals surface area contributed by atoms with Gasteiger partial charge in [0.05, 0.1) is 6.54 Å². The zero-order valence-electron chi connectivity index (χ0n) is 15.1. The maximum Gasteiger partial charge on any atom is 0.241 e. The van der Waals surface area contributed by atoms with Crippen LogP contribution in [0.15, 0.2) is 42.5 Å². The summed E-state index contributed by atoms with van der Waals surface area (Å²) in [5.74, 6) is 1.91. The number of piperazine rings is 1. The Morgan fingerprint density at radius 1 is 1.00 bits per heavy atom. The first kappa shape index (κ1) is 17.5. The highest BCUT2D eigenvalue weighted by Crippen LogP contribution is 2.32. The molecule has 1 amide bonds. The first-order chi connectivity index (χ1) is 13.2. The van der Waals surface area contributed by atoms with Crippen molar-refractivity contribution in [2.45, 2.75) is 6.54 Å². The van der Waals surface area contributed by atoms with Crippen LogP contribution in [0.3, 0.4) is 0 Å². The summed E-state index contributed by atoms with van der Waals surface area (Å²) in [6.45, 7) is 4.52. The average Bonchev–Trinajstić information content (AvgIpc) is 3.16. The molecule has 0 saturated carbocycles. The van der Waals surface area contributed by atoms with E-state index in [1.54, 1.807) is 24.3 Å². The van der Waals surface area contributed by atoms with E-state index in [1.807, 2.05) is 17.0 Å². The highest BCUT2D eigenvalue weighted by atomic mass is 16.7. The number of benzene rings is 2. The summed E-state index contributed by atoms with van der Waals surface area (Å²) < 4.78 is 10.8. The minimum atomic E-state index is 0.0887. The van der Waals surface area contributed by atoms with Crippen LogP contribution in [-0.4, -0.2) is 60.3 Å². The van der Waals surface area contributed by atoms with Crippen molar-refractivity contribution >= 4 is 11.6 Å². The number of nitrogens with one attached hydrogen (secondary N) is 1. The summed E-state index contributed by atoms with van der Waals surface area (Å²) in [7, 11) is 0. The molecule has 4 rings (SSSR count). The lowest BCUT2D eigenvalue weighted by molar-refractivity contribution is -0.131. The van der Waals surface area contributed by atoms with E-state index >= 15 is 0 Å². The number of anilines is 1. The normalized spacial score (nSPS) is 16.4. The third-order valence-corrected chi connectivity index (χ3v) is 4.88. The molecule has 0 radical (unpaired) electrons. The van der Waals surface area contributed by atoms with Crippen molar-refractivity contribution in [1.29, 1.82) is 0 Å². The molecular weight excluding hydrogens is 346 g/mol. The van der Waals surface area contributed by atoms with Gasteiger partial charge in [-0.25, -0.2) is 0 Å². The van der Waals surface area contributed by atoms with Crippen LogP contribution in [0.2, 0.25) is 0 Å². The largest absolute Gasteiger partial charge is 0.508 e. The van der Waals surface area contributed by atoms with Crippen LogP contribution in [0, 0.1) is 0 Å². The monoisotopic (exact) mass is 369 g/mol. The molecule has 0 aliphatic carbocycles. The molecule has 0 atom stereocenters. The van der Waals surface area contributed by atoms with Crippen LogP contribution in [0.5, 0.6) is 17.2 Å². The number of phenolic OH excluding ortho intramolecular Hbond substituents is 1. The molecule has 2 heterocycles. The third kappa shape index (κ3) is 4.25. The number of nitrogens with zero attached hydrogens (tertiary/aromatic N) is 2. The molecule has 2 aromatic carbocycles. The van der Waals surface area contributed by atoms with E-state index in [4.69, 9.17) is 9.47 Å². The van der Waals surface area contributed by atoms with Crippen LogP contribution in [-0.2, 0) is 11.3 Å². The van der Waals surface area contributed by atoms with E-state index < -0.39 is 0 Å². The number of rotatable bonds is 5. The third-order valence-electron chi connectivity index (χ3n) is 4.88. The number of carbonyl (C=O) groups excluding carboxylic acids is 1. The van der Waals surface area contributed by atoms with Gasteiger partial charge >= 0.3 is 0 Å². The van der Waals surface area contributed by atoms with Gasteiger partial charge < -0.3 is 24.8 Å². The molecule has 2 aliphatic rings. The Hall–Kier alpha value is -2.93. The second-order valence-electron chi connectivity index (χ2n) is 6.74. The predicted octanol–water partition coefficient (Wildman–Crippen LogP) is 1.88. The van der Waals surface area contributed by atoms with Crippen LogP contribution in [0.4, 0.5) is 5.69 Å². The highest BCUT2D eigenvalue weighted by molar-refractivity contribution is 5.81. The van der Waals surface area contributed by atoms with Crippen LogP contribution in [0.1, 0.15) is 5.56 Å². The zero-order valence-corrected chi connectivity index (χ0v) is 15.1. The standard InChI is InChI=1S/C20H23N3O4/c24-17-4-2-16(3-5-17)21-12-20(25)23-9-7-22(8-10-23)13-15-1-6-18-19(11-15)27-14-26-18/h1-6,11,21,24H,7-10,12-14H2. The smallest absolute Gasteiger partial charge is 0.241 e. The van der Waals surface area contributed by atoms with Crippen LogP contribution in [0.25, 0.3) is 0 Å². The van der Waals surface area contributed by atoms with Gasteiger partial charge in [0.1, 0.15) is 5.75 Å². The summed E-state index contributed by atoms with van der Waals surface area (Å²) in [5, 5.41) is 12.4. The highest BCUT2D eigenvalue weighted by Gasteiger charge is 2.21. The van der Waals surface area contributed by atoms with Crippen molar-refractivity contribution in [3.8, 4) is 17.2 Å². The van der Waals surface area contributed by atoms with Crippen molar-refractivity contribution in [3.05, 3.63) is 48.0 Å². The fraction of sp³-hybridized carbons (Fsp3) is 0.350. The molecule has 7 nitrogen and oxygen atoms in total. The van der Waals surface area contributed by atoms with E-state index in [2.05, 4.69) is 16.3 Å². The van der Waals surface area contributed by atoms with Gasteiger partial charge in [0.2, 0.25) is 12.7 Å². The summed E-state index contributed by atoms with van der Waals surface area (Å²) >= 11 is 0. The van der Waals surface area contributed by atoms with Gasteiger partial charge in [-0.15, -0.1) is 0 Å². The minimum Gasteiger partial charge on any atom is -0.508 e. The Balaban J connectivity index is 1.23. The topological polar surface area (TPSA) is 74.3 Å². The number of ether oxygens (including phenoxy) is 2. The summed E-state index contributed by atoms with van der Waals surface area (Å²) in [6.07, 6.45) is 0. The molecule has 0 unspecified atom stereocenters. The summed E-state index contributed by atoms with van der Waals surface area (Å²) in [6, 6.07) is 12.8. The number of phenols is 1. The first-order valence-corrected chi connectivity index (χ1v) is 9.09. The van der Waals surface area contributed by atoms with Gasteiger partial charge in [0.15, 0.2) is 11.5 Å². The average molecular weight is 369 g/mol. The van der Waals surface area contributed by atoms with E-state index in [0.717, 1.165) is 49.9 Å². The molecule has 2 N–H and O–H groups in total. The van der Waals surface area contributed by atoms with Crippen molar-refractivity contribution in [2.75, 3.05) is 44.8 Å². The molecule has 0 spiro atoms.